The fraction of sp³-hybridized carbons (Fsp3) is 0.278. The summed E-state index contributed by atoms with van der Waals surface area (Å²) in [4.78, 5) is 27.5. The van der Waals surface area contributed by atoms with Crippen LogP contribution in [0.2, 0.25) is 5.02 Å². The molecule has 6 nitrogen and oxygen atoms in total. The Kier molecular flexibility index (Phi) is 7.87. The topological polar surface area (TPSA) is 77.5 Å². The van der Waals surface area contributed by atoms with Gasteiger partial charge in [0, 0.05) is 17.1 Å². The number of benzene rings is 1. The SMILES string of the molecule is COC(=O)c1ccnc(CNC(=O)CCCOc2ccc(Br)cc2Cl)c1. The van der Waals surface area contributed by atoms with Crippen molar-refractivity contribution in [1.29, 1.82) is 0 Å². The maximum atomic E-state index is 11.9. The molecule has 0 atom stereocenters. The second kappa shape index (κ2) is 10.1. The van der Waals surface area contributed by atoms with E-state index in [0.29, 0.717) is 41.5 Å². The van der Waals surface area contributed by atoms with Gasteiger partial charge in [-0.25, -0.2) is 4.79 Å². The van der Waals surface area contributed by atoms with Crippen LogP contribution >= 0.6 is 27.5 Å². The minimum absolute atomic E-state index is 0.124. The lowest BCUT2D eigenvalue weighted by molar-refractivity contribution is -0.121. The van der Waals surface area contributed by atoms with Gasteiger partial charge in [0.05, 0.1) is 36.5 Å². The highest BCUT2D eigenvalue weighted by molar-refractivity contribution is 9.10. The van der Waals surface area contributed by atoms with Crippen molar-refractivity contribution in [3.8, 4) is 5.75 Å². The van der Waals surface area contributed by atoms with Crippen LogP contribution in [0.25, 0.3) is 0 Å². The molecule has 0 bridgehead atoms. The summed E-state index contributed by atoms with van der Waals surface area (Å²) in [6.07, 6.45) is 2.36. The van der Waals surface area contributed by atoms with Crippen LogP contribution in [-0.2, 0) is 16.1 Å². The minimum Gasteiger partial charge on any atom is -0.492 e. The zero-order valence-electron chi connectivity index (χ0n) is 14.1. The smallest absolute Gasteiger partial charge is 0.337 e. The second-order valence-electron chi connectivity index (χ2n) is 5.33. The van der Waals surface area contributed by atoms with Crippen molar-refractivity contribution in [1.82, 2.24) is 10.3 Å². The molecule has 0 aliphatic heterocycles. The molecule has 2 rings (SSSR count). The second-order valence-corrected chi connectivity index (χ2v) is 6.65. The predicted molar refractivity (Wildman–Crippen MR) is 101 cm³/mol. The lowest BCUT2D eigenvalue weighted by atomic mass is 10.2. The van der Waals surface area contributed by atoms with Crippen LogP contribution in [0, 0.1) is 0 Å². The first-order chi connectivity index (χ1) is 12.5. The summed E-state index contributed by atoms with van der Waals surface area (Å²) in [6.45, 7) is 0.619. The molecular weight excluding hydrogens is 424 g/mol. The van der Waals surface area contributed by atoms with E-state index in [1.165, 1.54) is 13.3 Å². The molecule has 0 spiro atoms. The Labute approximate surface area is 165 Å². The van der Waals surface area contributed by atoms with Crippen LogP contribution in [0.1, 0.15) is 28.9 Å². The van der Waals surface area contributed by atoms with Crippen LogP contribution < -0.4 is 10.1 Å². The van der Waals surface area contributed by atoms with Gasteiger partial charge in [-0.1, -0.05) is 27.5 Å². The van der Waals surface area contributed by atoms with Crippen molar-refractivity contribution in [3.05, 3.63) is 57.3 Å². The third kappa shape index (κ3) is 6.31. The van der Waals surface area contributed by atoms with Gasteiger partial charge in [0.2, 0.25) is 5.91 Å². The molecule has 0 unspecified atom stereocenters. The highest BCUT2D eigenvalue weighted by Gasteiger charge is 2.08. The van der Waals surface area contributed by atoms with E-state index in [1.54, 1.807) is 24.3 Å². The molecular formula is C18H18BrClN2O4. The third-order valence-electron chi connectivity index (χ3n) is 3.40. The third-order valence-corrected chi connectivity index (χ3v) is 4.19. The van der Waals surface area contributed by atoms with Gasteiger partial charge in [-0.2, -0.15) is 0 Å². The van der Waals surface area contributed by atoms with E-state index in [-0.39, 0.29) is 12.5 Å². The molecule has 0 radical (unpaired) electrons. The average molecular weight is 442 g/mol. The molecule has 0 aliphatic rings. The first-order valence-electron chi connectivity index (χ1n) is 7.87. The molecule has 0 aliphatic carbocycles. The normalized spacial score (nSPS) is 10.3. The first kappa shape index (κ1) is 20.2. The molecule has 0 fully saturated rings. The number of amides is 1. The molecule has 0 saturated heterocycles. The van der Waals surface area contributed by atoms with Crippen molar-refractivity contribution in [2.24, 2.45) is 0 Å². The maximum Gasteiger partial charge on any atom is 0.337 e. The minimum atomic E-state index is -0.441. The van der Waals surface area contributed by atoms with Gasteiger partial charge in [-0.05, 0) is 36.8 Å². The standard InChI is InChI=1S/C18H18BrClN2O4/c1-25-18(24)12-6-7-21-14(9-12)11-22-17(23)3-2-8-26-16-5-4-13(19)10-15(16)20/h4-7,9-10H,2-3,8,11H2,1H3,(H,22,23). The van der Waals surface area contributed by atoms with Gasteiger partial charge in [-0.15, -0.1) is 0 Å². The number of pyridine rings is 1. The van der Waals surface area contributed by atoms with E-state index in [1.807, 2.05) is 6.07 Å². The Morgan fingerprint density at radius 1 is 1.27 bits per heavy atom. The van der Waals surface area contributed by atoms with Gasteiger partial charge in [0.25, 0.3) is 0 Å². The molecule has 2 aromatic rings. The molecule has 26 heavy (non-hydrogen) atoms. The molecule has 1 aromatic carbocycles. The first-order valence-corrected chi connectivity index (χ1v) is 9.04. The fourth-order valence-corrected chi connectivity index (χ4v) is 2.83. The Morgan fingerprint density at radius 3 is 2.81 bits per heavy atom. The van der Waals surface area contributed by atoms with E-state index < -0.39 is 5.97 Å². The van der Waals surface area contributed by atoms with E-state index in [4.69, 9.17) is 16.3 Å². The molecule has 8 heteroatoms. The van der Waals surface area contributed by atoms with E-state index in [0.717, 1.165) is 4.47 Å². The molecule has 138 valence electrons. The van der Waals surface area contributed by atoms with Crippen LogP contribution in [0.5, 0.6) is 5.75 Å². The number of methoxy groups -OCH3 is 1. The van der Waals surface area contributed by atoms with E-state index in [2.05, 4.69) is 31.0 Å². The van der Waals surface area contributed by atoms with Crippen LogP contribution in [0.15, 0.2) is 41.0 Å². The number of nitrogens with zero attached hydrogens (tertiary/aromatic N) is 1. The maximum absolute atomic E-state index is 11.9. The molecule has 1 N–H and O–H groups in total. The summed E-state index contributed by atoms with van der Waals surface area (Å²) >= 11 is 9.39. The number of nitrogens with one attached hydrogen (secondary N) is 1. The molecule has 1 heterocycles. The quantitative estimate of drug-likeness (QED) is 0.498. The van der Waals surface area contributed by atoms with E-state index in [9.17, 15) is 9.59 Å². The van der Waals surface area contributed by atoms with Crippen molar-refractivity contribution in [2.45, 2.75) is 19.4 Å². The van der Waals surface area contributed by atoms with Gasteiger partial charge >= 0.3 is 5.97 Å². The number of ether oxygens (including phenoxy) is 2. The Bertz CT molecular complexity index is 786. The van der Waals surface area contributed by atoms with Gasteiger partial charge in [0.15, 0.2) is 0 Å². The van der Waals surface area contributed by atoms with Crippen LogP contribution in [0.3, 0.4) is 0 Å². The lowest BCUT2D eigenvalue weighted by Gasteiger charge is -2.09. The van der Waals surface area contributed by atoms with Crippen molar-refractivity contribution < 1.29 is 19.1 Å². The highest BCUT2D eigenvalue weighted by atomic mass is 79.9. The number of carbonyl (C=O) groups is 2. The average Bonchev–Trinajstić information content (AvgIpc) is 2.64. The Morgan fingerprint density at radius 2 is 2.08 bits per heavy atom. The van der Waals surface area contributed by atoms with Crippen LogP contribution in [-0.4, -0.2) is 30.6 Å². The fourth-order valence-electron chi connectivity index (χ4n) is 2.10. The van der Waals surface area contributed by atoms with Gasteiger partial charge < -0.3 is 14.8 Å². The monoisotopic (exact) mass is 440 g/mol. The summed E-state index contributed by atoms with van der Waals surface area (Å²) in [5, 5.41) is 3.27. The number of hydrogen-bond acceptors (Lipinski definition) is 5. The predicted octanol–water partition coefficient (Wildman–Crippen LogP) is 3.76. The summed E-state index contributed by atoms with van der Waals surface area (Å²) in [5.74, 6) is 0.0172. The van der Waals surface area contributed by atoms with Gasteiger partial charge in [-0.3, -0.25) is 9.78 Å². The highest BCUT2D eigenvalue weighted by Crippen LogP contribution is 2.27. The largest absolute Gasteiger partial charge is 0.492 e. The summed E-state index contributed by atoms with van der Waals surface area (Å²) in [6, 6.07) is 8.50. The Balaban J connectivity index is 1.71. The molecule has 0 saturated carbocycles. The van der Waals surface area contributed by atoms with E-state index >= 15 is 0 Å². The zero-order chi connectivity index (χ0) is 18.9. The Hall–Kier alpha value is -2.12. The number of halogens is 2. The van der Waals surface area contributed by atoms with Crippen molar-refractivity contribution in [2.75, 3.05) is 13.7 Å². The zero-order valence-corrected chi connectivity index (χ0v) is 16.5. The van der Waals surface area contributed by atoms with Crippen LogP contribution in [0.4, 0.5) is 0 Å². The summed E-state index contributed by atoms with van der Waals surface area (Å²) < 4.78 is 11.1. The molecule has 1 aromatic heterocycles. The number of rotatable bonds is 8. The molecule has 1 amide bonds. The number of carbonyl (C=O) groups excluding carboxylic acids is 2. The van der Waals surface area contributed by atoms with Gasteiger partial charge in [0.1, 0.15) is 5.75 Å². The summed E-state index contributed by atoms with van der Waals surface area (Å²) in [7, 11) is 1.31. The number of esters is 1. The van der Waals surface area contributed by atoms with Crippen molar-refractivity contribution in [3.63, 3.8) is 0 Å². The lowest BCUT2D eigenvalue weighted by Crippen LogP contribution is -2.23. The van der Waals surface area contributed by atoms with Crippen molar-refractivity contribution >= 4 is 39.4 Å². The number of aromatic nitrogens is 1. The summed E-state index contributed by atoms with van der Waals surface area (Å²) in [5.41, 5.74) is 0.977. The number of hydrogen-bond donors (Lipinski definition) is 1.